The summed E-state index contributed by atoms with van der Waals surface area (Å²) in [4.78, 5) is 21.9. The number of aromatic hydroxyl groups is 1. The number of nitro groups is 1. The van der Waals surface area contributed by atoms with Crippen molar-refractivity contribution in [3.8, 4) is 5.75 Å². The van der Waals surface area contributed by atoms with Gasteiger partial charge in [0.05, 0.1) is 4.92 Å². The number of nitro benzene ring substituents is 1. The zero-order chi connectivity index (χ0) is 14.7. The number of hydrogen-bond acceptors (Lipinski definition) is 4. The highest BCUT2D eigenvalue weighted by molar-refractivity contribution is 6.05. The van der Waals surface area contributed by atoms with Crippen molar-refractivity contribution in [2.45, 2.75) is 6.92 Å². The lowest BCUT2D eigenvalue weighted by molar-refractivity contribution is -0.385. The fourth-order valence-corrected chi connectivity index (χ4v) is 1.73. The molecule has 2 N–H and O–H groups in total. The maximum absolute atomic E-state index is 12.0. The van der Waals surface area contributed by atoms with Crippen molar-refractivity contribution in [3.63, 3.8) is 0 Å². The third kappa shape index (κ3) is 2.74. The Labute approximate surface area is 114 Å². The molecule has 2 aromatic rings. The lowest BCUT2D eigenvalue weighted by Gasteiger charge is -2.08. The number of anilines is 1. The van der Waals surface area contributed by atoms with Crippen LogP contribution in [0.5, 0.6) is 5.75 Å². The quantitative estimate of drug-likeness (QED) is 0.663. The smallest absolute Gasteiger partial charge is 0.310 e. The van der Waals surface area contributed by atoms with Crippen LogP contribution in [0.4, 0.5) is 11.4 Å². The average molecular weight is 272 g/mol. The SMILES string of the molecule is Cc1ccccc1NC(=O)c1ccc([N+](=O)[O-])c(O)c1. The minimum absolute atomic E-state index is 0.149. The molecular formula is C14H12N2O4. The number of nitrogens with one attached hydrogen (secondary N) is 1. The molecule has 0 radical (unpaired) electrons. The van der Waals surface area contributed by atoms with Gasteiger partial charge in [-0.25, -0.2) is 0 Å². The predicted molar refractivity (Wildman–Crippen MR) is 73.9 cm³/mol. The molecule has 0 heterocycles. The van der Waals surface area contributed by atoms with Crippen LogP contribution in [0, 0.1) is 17.0 Å². The van der Waals surface area contributed by atoms with E-state index in [0.29, 0.717) is 5.69 Å². The fourth-order valence-electron chi connectivity index (χ4n) is 1.73. The van der Waals surface area contributed by atoms with E-state index in [1.54, 1.807) is 12.1 Å². The fraction of sp³-hybridized carbons (Fsp3) is 0.0714. The second-order valence-corrected chi connectivity index (χ2v) is 4.23. The van der Waals surface area contributed by atoms with Crippen molar-refractivity contribution in [1.29, 1.82) is 0 Å². The van der Waals surface area contributed by atoms with Crippen molar-refractivity contribution >= 4 is 17.3 Å². The molecule has 0 saturated heterocycles. The van der Waals surface area contributed by atoms with Crippen LogP contribution in [0.3, 0.4) is 0 Å². The highest BCUT2D eigenvalue weighted by Crippen LogP contribution is 2.26. The zero-order valence-corrected chi connectivity index (χ0v) is 10.7. The molecule has 0 aliphatic heterocycles. The standard InChI is InChI=1S/C14H12N2O4/c1-9-4-2-3-5-11(9)15-14(18)10-6-7-12(16(19)20)13(17)8-10/h2-8,17H,1H3,(H,15,18). The van der Waals surface area contributed by atoms with Gasteiger partial charge in [-0.15, -0.1) is 0 Å². The van der Waals surface area contributed by atoms with Crippen LogP contribution in [0.15, 0.2) is 42.5 Å². The monoisotopic (exact) mass is 272 g/mol. The van der Waals surface area contributed by atoms with Crippen LogP contribution in [0.1, 0.15) is 15.9 Å². The molecule has 1 amide bonds. The van der Waals surface area contributed by atoms with E-state index in [1.165, 1.54) is 6.07 Å². The topological polar surface area (TPSA) is 92.5 Å². The number of para-hydroxylation sites is 1. The first kappa shape index (κ1) is 13.5. The molecule has 0 bridgehead atoms. The number of phenolic OH excluding ortho intramolecular Hbond substituents is 1. The Morgan fingerprint density at radius 1 is 1.25 bits per heavy atom. The van der Waals surface area contributed by atoms with Gasteiger partial charge in [-0.1, -0.05) is 18.2 Å². The lowest BCUT2D eigenvalue weighted by Crippen LogP contribution is -2.12. The molecule has 6 nitrogen and oxygen atoms in total. The third-order valence-electron chi connectivity index (χ3n) is 2.83. The summed E-state index contributed by atoms with van der Waals surface area (Å²) in [7, 11) is 0. The molecule has 6 heteroatoms. The summed E-state index contributed by atoms with van der Waals surface area (Å²) in [6, 6.07) is 10.7. The molecule has 0 aromatic heterocycles. The maximum Gasteiger partial charge on any atom is 0.310 e. The van der Waals surface area contributed by atoms with Gasteiger partial charge in [-0.05, 0) is 30.7 Å². The van der Waals surface area contributed by atoms with Crippen LogP contribution >= 0.6 is 0 Å². The van der Waals surface area contributed by atoms with Gasteiger partial charge in [0.1, 0.15) is 0 Å². The molecule has 0 spiro atoms. The molecule has 0 atom stereocenters. The third-order valence-corrected chi connectivity index (χ3v) is 2.83. The Morgan fingerprint density at radius 2 is 1.95 bits per heavy atom. The molecule has 0 fully saturated rings. The Hall–Kier alpha value is -2.89. The normalized spacial score (nSPS) is 10.1. The number of carbonyl (C=O) groups is 1. The van der Waals surface area contributed by atoms with E-state index in [1.807, 2.05) is 19.1 Å². The van der Waals surface area contributed by atoms with Crippen molar-refractivity contribution < 1.29 is 14.8 Å². The first-order valence-electron chi connectivity index (χ1n) is 5.83. The Morgan fingerprint density at radius 3 is 2.55 bits per heavy atom. The molecular weight excluding hydrogens is 260 g/mol. The van der Waals surface area contributed by atoms with Gasteiger partial charge in [-0.2, -0.15) is 0 Å². The number of amides is 1. The summed E-state index contributed by atoms with van der Waals surface area (Å²) in [5, 5.41) is 22.8. The predicted octanol–water partition coefficient (Wildman–Crippen LogP) is 2.86. The van der Waals surface area contributed by atoms with Gasteiger partial charge in [0.2, 0.25) is 0 Å². The number of hydrogen-bond donors (Lipinski definition) is 2. The molecule has 2 rings (SSSR count). The maximum atomic E-state index is 12.0. The summed E-state index contributed by atoms with van der Waals surface area (Å²) in [5.41, 5.74) is 1.26. The minimum Gasteiger partial charge on any atom is -0.502 e. The first-order chi connectivity index (χ1) is 9.49. The minimum atomic E-state index is -0.710. The molecule has 102 valence electrons. The van der Waals surface area contributed by atoms with Crippen molar-refractivity contribution in [1.82, 2.24) is 0 Å². The Balaban J connectivity index is 2.24. The number of phenols is 1. The van der Waals surface area contributed by atoms with E-state index in [-0.39, 0.29) is 5.56 Å². The number of nitrogens with zero attached hydrogens (tertiary/aromatic N) is 1. The van der Waals surface area contributed by atoms with E-state index in [9.17, 15) is 20.0 Å². The number of carbonyl (C=O) groups excluding carboxylic acids is 1. The van der Waals surface area contributed by atoms with E-state index in [2.05, 4.69) is 5.32 Å². The van der Waals surface area contributed by atoms with Crippen LogP contribution in [0.2, 0.25) is 0 Å². The summed E-state index contributed by atoms with van der Waals surface area (Å²) >= 11 is 0. The van der Waals surface area contributed by atoms with Crippen LogP contribution in [0.25, 0.3) is 0 Å². The van der Waals surface area contributed by atoms with Crippen LogP contribution in [-0.2, 0) is 0 Å². The summed E-state index contributed by atoms with van der Waals surface area (Å²) in [6.45, 7) is 1.85. The average Bonchev–Trinajstić information content (AvgIpc) is 2.40. The van der Waals surface area contributed by atoms with E-state index < -0.39 is 22.3 Å². The molecule has 2 aromatic carbocycles. The van der Waals surface area contributed by atoms with Crippen LogP contribution in [-0.4, -0.2) is 15.9 Å². The molecule has 0 aliphatic carbocycles. The van der Waals surface area contributed by atoms with Gasteiger partial charge in [-0.3, -0.25) is 14.9 Å². The second kappa shape index (κ2) is 5.40. The molecule has 0 unspecified atom stereocenters. The van der Waals surface area contributed by atoms with Crippen molar-refractivity contribution in [3.05, 3.63) is 63.7 Å². The summed E-state index contributed by atoms with van der Waals surface area (Å²) in [5.74, 6) is -0.975. The number of aryl methyl sites for hydroxylation is 1. The van der Waals surface area contributed by atoms with Gasteiger partial charge in [0.25, 0.3) is 5.91 Å². The van der Waals surface area contributed by atoms with Gasteiger partial charge >= 0.3 is 5.69 Å². The zero-order valence-electron chi connectivity index (χ0n) is 10.7. The van der Waals surface area contributed by atoms with Crippen LogP contribution < -0.4 is 5.32 Å². The van der Waals surface area contributed by atoms with Gasteiger partial charge in [0.15, 0.2) is 5.75 Å². The molecule has 20 heavy (non-hydrogen) atoms. The number of rotatable bonds is 3. The molecule has 0 aliphatic rings. The molecule has 0 saturated carbocycles. The Kier molecular flexibility index (Phi) is 3.65. The second-order valence-electron chi connectivity index (χ2n) is 4.23. The largest absolute Gasteiger partial charge is 0.502 e. The summed E-state index contributed by atoms with van der Waals surface area (Å²) < 4.78 is 0. The number of benzene rings is 2. The van der Waals surface area contributed by atoms with E-state index in [4.69, 9.17) is 0 Å². The van der Waals surface area contributed by atoms with Gasteiger partial charge < -0.3 is 10.4 Å². The highest BCUT2D eigenvalue weighted by Gasteiger charge is 2.16. The van der Waals surface area contributed by atoms with Crippen molar-refractivity contribution in [2.24, 2.45) is 0 Å². The van der Waals surface area contributed by atoms with Gasteiger partial charge in [0, 0.05) is 17.3 Å². The highest BCUT2D eigenvalue weighted by atomic mass is 16.6. The van der Waals surface area contributed by atoms with Crippen molar-refractivity contribution in [2.75, 3.05) is 5.32 Å². The lowest BCUT2D eigenvalue weighted by atomic mass is 10.1. The first-order valence-corrected chi connectivity index (χ1v) is 5.83. The summed E-state index contributed by atoms with van der Waals surface area (Å²) in [6.07, 6.45) is 0. The van der Waals surface area contributed by atoms with E-state index >= 15 is 0 Å². The van der Waals surface area contributed by atoms with E-state index in [0.717, 1.165) is 17.7 Å². The Bertz CT molecular complexity index is 683.